The van der Waals surface area contributed by atoms with Gasteiger partial charge in [0.1, 0.15) is 4.70 Å². The summed E-state index contributed by atoms with van der Waals surface area (Å²) in [6.07, 6.45) is 3.16. The van der Waals surface area contributed by atoms with Crippen LogP contribution in [0.3, 0.4) is 0 Å². The van der Waals surface area contributed by atoms with E-state index in [4.69, 9.17) is 0 Å². The number of thiophene rings is 1. The predicted molar refractivity (Wildman–Crippen MR) is 94.3 cm³/mol. The molecule has 1 aliphatic rings. The number of nitrogens with zero attached hydrogens (tertiary/aromatic N) is 3. The van der Waals surface area contributed by atoms with Gasteiger partial charge in [0.05, 0.1) is 17.9 Å². The highest BCUT2D eigenvalue weighted by molar-refractivity contribution is 7.19. The van der Waals surface area contributed by atoms with E-state index in [9.17, 15) is 9.90 Å². The second-order valence-corrected chi connectivity index (χ2v) is 8.44. The summed E-state index contributed by atoms with van der Waals surface area (Å²) in [5, 5.41) is 9.55. The van der Waals surface area contributed by atoms with Crippen LogP contribution >= 0.6 is 11.3 Å². The maximum absolute atomic E-state index is 12.7. The Morgan fingerprint density at radius 3 is 2.65 bits per heavy atom. The Bertz CT molecular complexity index is 736. The SMILES string of the molecule is CC(C)(C)c1cc2ncn(CCN3CCC(O)CC3)c(=O)c2s1. The van der Waals surface area contributed by atoms with Gasteiger partial charge in [0.25, 0.3) is 5.56 Å². The van der Waals surface area contributed by atoms with Crippen LogP contribution < -0.4 is 5.56 Å². The average molecular weight is 335 g/mol. The second-order valence-electron chi connectivity index (χ2n) is 7.39. The van der Waals surface area contributed by atoms with Crippen molar-refractivity contribution in [1.29, 1.82) is 0 Å². The smallest absolute Gasteiger partial charge is 0.271 e. The van der Waals surface area contributed by atoms with Crippen molar-refractivity contribution < 1.29 is 5.11 Å². The van der Waals surface area contributed by atoms with E-state index in [0.29, 0.717) is 6.54 Å². The minimum absolute atomic E-state index is 0.0390. The molecule has 6 heteroatoms. The summed E-state index contributed by atoms with van der Waals surface area (Å²) < 4.78 is 2.47. The fourth-order valence-electron chi connectivity index (χ4n) is 2.87. The van der Waals surface area contributed by atoms with Gasteiger partial charge in [0.15, 0.2) is 0 Å². The summed E-state index contributed by atoms with van der Waals surface area (Å²) in [5.41, 5.74) is 0.909. The highest BCUT2D eigenvalue weighted by Crippen LogP contribution is 2.31. The maximum Gasteiger partial charge on any atom is 0.271 e. The molecule has 1 N–H and O–H groups in total. The molecular weight excluding hydrogens is 310 g/mol. The molecule has 0 bridgehead atoms. The standard InChI is InChI=1S/C17H25N3O2S/c1-17(2,3)14-10-13-15(23-14)16(22)20(11-18-13)9-8-19-6-4-12(21)5-7-19/h10-12,21H,4-9H2,1-3H3. The molecule has 1 aliphatic heterocycles. The first-order valence-electron chi connectivity index (χ1n) is 8.24. The molecule has 0 amide bonds. The molecule has 0 aromatic carbocycles. The lowest BCUT2D eigenvalue weighted by Gasteiger charge is -2.29. The van der Waals surface area contributed by atoms with E-state index in [1.165, 1.54) is 4.88 Å². The van der Waals surface area contributed by atoms with Crippen molar-refractivity contribution >= 4 is 21.6 Å². The van der Waals surface area contributed by atoms with Gasteiger partial charge in [-0.25, -0.2) is 4.98 Å². The van der Waals surface area contributed by atoms with Crippen molar-refractivity contribution in [2.45, 2.75) is 51.7 Å². The van der Waals surface area contributed by atoms with Crippen LogP contribution in [-0.2, 0) is 12.0 Å². The minimum Gasteiger partial charge on any atom is -0.393 e. The highest BCUT2D eigenvalue weighted by atomic mass is 32.1. The van der Waals surface area contributed by atoms with E-state index < -0.39 is 0 Å². The Morgan fingerprint density at radius 1 is 1.30 bits per heavy atom. The number of fused-ring (bicyclic) bond motifs is 1. The molecule has 0 aliphatic carbocycles. The van der Waals surface area contributed by atoms with Gasteiger partial charge < -0.3 is 10.0 Å². The molecule has 2 aromatic heterocycles. The van der Waals surface area contributed by atoms with E-state index in [1.807, 2.05) is 6.07 Å². The number of piperidine rings is 1. The Labute approximate surface area is 140 Å². The van der Waals surface area contributed by atoms with Crippen molar-refractivity contribution in [3.63, 3.8) is 0 Å². The Hall–Kier alpha value is -1.24. The normalized spacial score (nSPS) is 17.9. The third kappa shape index (κ3) is 3.65. The van der Waals surface area contributed by atoms with Crippen molar-refractivity contribution in [3.05, 3.63) is 27.6 Å². The van der Waals surface area contributed by atoms with Gasteiger partial charge in [0.2, 0.25) is 0 Å². The van der Waals surface area contributed by atoms with Crippen LogP contribution in [0.1, 0.15) is 38.5 Å². The quantitative estimate of drug-likeness (QED) is 0.934. The summed E-state index contributed by atoms with van der Waals surface area (Å²) in [5.74, 6) is 0. The first-order chi connectivity index (χ1) is 10.8. The molecule has 1 fully saturated rings. The molecule has 126 valence electrons. The third-order valence-corrected chi connectivity index (χ3v) is 6.00. The van der Waals surface area contributed by atoms with Gasteiger partial charge in [-0.1, -0.05) is 20.8 Å². The van der Waals surface area contributed by atoms with E-state index in [-0.39, 0.29) is 17.1 Å². The van der Waals surface area contributed by atoms with Crippen LogP contribution in [0.4, 0.5) is 0 Å². The zero-order valence-corrected chi connectivity index (χ0v) is 14.9. The number of aliphatic hydroxyl groups excluding tert-OH is 1. The average Bonchev–Trinajstić information content (AvgIpc) is 2.93. The first kappa shape index (κ1) is 16.6. The van der Waals surface area contributed by atoms with Crippen LogP contribution in [0.15, 0.2) is 17.2 Å². The summed E-state index contributed by atoms with van der Waals surface area (Å²) >= 11 is 1.56. The lowest BCUT2D eigenvalue weighted by molar-refractivity contribution is 0.0808. The molecule has 0 spiro atoms. The predicted octanol–water partition coefficient (Wildman–Crippen LogP) is 2.21. The maximum atomic E-state index is 12.7. The topological polar surface area (TPSA) is 58.4 Å². The van der Waals surface area contributed by atoms with E-state index in [1.54, 1.807) is 22.2 Å². The molecule has 0 saturated carbocycles. The third-order valence-electron chi connectivity index (χ3n) is 4.46. The van der Waals surface area contributed by atoms with Crippen LogP contribution in [0.25, 0.3) is 10.2 Å². The van der Waals surface area contributed by atoms with Gasteiger partial charge in [-0.15, -0.1) is 11.3 Å². The largest absolute Gasteiger partial charge is 0.393 e. The minimum atomic E-state index is -0.158. The van der Waals surface area contributed by atoms with Crippen molar-refractivity contribution in [1.82, 2.24) is 14.5 Å². The van der Waals surface area contributed by atoms with Crippen LogP contribution in [0.5, 0.6) is 0 Å². The molecule has 2 aromatic rings. The summed E-state index contributed by atoms with van der Waals surface area (Å²) in [6.45, 7) is 9.75. The fourth-order valence-corrected chi connectivity index (χ4v) is 3.98. The number of aromatic nitrogens is 2. The monoisotopic (exact) mass is 335 g/mol. The van der Waals surface area contributed by atoms with Crippen LogP contribution in [0.2, 0.25) is 0 Å². The van der Waals surface area contributed by atoms with E-state index in [0.717, 1.165) is 42.7 Å². The molecule has 3 heterocycles. The zero-order chi connectivity index (χ0) is 16.6. The summed E-state index contributed by atoms with van der Waals surface area (Å²) in [6, 6.07) is 2.04. The number of hydrogen-bond acceptors (Lipinski definition) is 5. The van der Waals surface area contributed by atoms with Crippen LogP contribution in [0, 0.1) is 0 Å². The number of aliphatic hydroxyl groups is 1. The Kier molecular flexibility index (Phi) is 4.58. The molecule has 5 nitrogen and oxygen atoms in total. The number of likely N-dealkylation sites (tertiary alicyclic amines) is 1. The summed E-state index contributed by atoms with van der Waals surface area (Å²) in [7, 11) is 0. The zero-order valence-electron chi connectivity index (χ0n) is 14.1. The lowest BCUT2D eigenvalue weighted by Crippen LogP contribution is -2.38. The number of rotatable bonds is 3. The Morgan fingerprint density at radius 2 is 2.00 bits per heavy atom. The van der Waals surface area contributed by atoms with Crippen molar-refractivity contribution in [2.24, 2.45) is 0 Å². The molecule has 23 heavy (non-hydrogen) atoms. The van der Waals surface area contributed by atoms with E-state index in [2.05, 4.69) is 30.7 Å². The Balaban J connectivity index is 1.77. The molecule has 1 saturated heterocycles. The van der Waals surface area contributed by atoms with E-state index >= 15 is 0 Å². The molecule has 0 radical (unpaired) electrons. The fraction of sp³-hybridized carbons (Fsp3) is 0.647. The summed E-state index contributed by atoms with van der Waals surface area (Å²) in [4.78, 5) is 20.6. The lowest BCUT2D eigenvalue weighted by atomic mass is 9.95. The second kappa shape index (κ2) is 6.34. The van der Waals surface area contributed by atoms with Crippen molar-refractivity contribution in [3.8, 4) is 0 Å². The van der Waals surface area contributed by atoms with Crippen molar-refractivity contribution in [2.75, 3.05) is 19.6 Å². The van der Waals surface area contributed by atoms with Gasteiger partial charge in [0, 0.05) is 31.1 Å². The molecular formula is C17H25N3O2S. The number of hydrogen-bond donors (Lipinski definition) is 1. The van der Waals surface area contributed by atoms with Gasteiger partial charge in [-0.05, 0) is 24.3 Å². The van der Waals surface area contributed by atoms with Gasteiger partial charge in [-0.2, -0.15) is 0 Å². The molecule has 0 atom stereocenters. The van der Waals surface area contributed by atoms with Gasteiger partial charge >= 0.3 is 0 Å². The molecule has 3 rings (SSSR count). The highest BCUT2D eigenvalue weighted by Gasteiger charge is 2.20. The molecule has 0 unspecified atom stereocenters. The first-order valence-corrected chi connectivity index (χ1v) is 9.06. The van der Waals surface area contributed by atoms with Crippen LogP contribution in [-0.4, -0.2) is 45.3 Å². The van der Waals surface area contributed by atoms with Gasteiger partial charge in [-0.3, -0.25) is 9.36 Å².